The Hall–Kier alpha value is -0.440. The molecule has 2 radical (unpaired) electrons. The van der Waals surface area contributed by atoms with Crippen LogP contribution in [0.3, 0.4) is 0 Å². The fourth-order valence-electron chi connectivity index (χ4n) is 3.54. The predicted octanol–water partition coefficient (Wildman–Crippen LogP) is 5.44. The molecular formula is C18H30. The van der Waals surface area contributed by atoms with Gasteiger partial charge in [0.05, 0.1) is 0 Å². The third-order valence-electron chi connectivity index (χ3n) is 4.55. The van der Waals surface area contributed by atoms with Gasteiger partial charge in [-0.1, -0.05) is 58.3 Å². The van der Waals surface area contributed by atoms with Crippen LogP contribution in [0.4, 0.5) is 0 Å². The number of unbranched alkanes of at least 4 members (excludes halogenated alkanes) is 1. The molecule has 0 aromatic rings. The topological polar surface area (TPSA) is 0 Å². The van der Waals surface area contributed by atoms with Gasteiger partial charge in [-0.3, -0.25) is 0 Å². The van der Waals surface area contributed by atoms with Gasteiger partial charge in [0.2, 0.25) is 0 Å². The summed E-state index contributed by atoms with van der Waals surface area (Å²) in [7, 11) is 0. The molecule has 2 saturated carbocycles. The van der Waals surface area contributed by atoms with E-state index in [9.17, 15) is 0 Å². The summed E-state index contributed by atoms with van der Waals surface area (Å²) in [5.74, 6) is 5.30. The lowest BCUT2D eigenvalue weighted by molar-refractivity contribution is 0.154. The second kappa shape index (κ2) is 9.48. The first-order valence-electron chi connectivity index (χ1n) is 7.84. The van der Waals surface area contributed by atoms with E-state index < -0.39 is 0 Å². The molecule has 0 aliphatic heterocycles. The minimum atomic E-state index is 0.789. The summed E-state index contributed by atoms with van der Waals surface area (Å²) in [6, 6.07) is 0. The van der Waals surface area contributed by atoms with Crippen LogP contribution in [0.2, 0.25) is 0 Å². The molecule has 0 N–H and O–H groups in total. The molecule has 0 heteroatoms. The molecule has 2 unspecified atom stereocenters. The van der Waals surface area contributed by atoms with E-state index in [0.29, 0.717) is 0 Å². The molecule has 0 aromatic carbocycles. The van der Waals surface area contributed by atoms with Crippen molar-refractivity contribution in [2.24, 2.45) is 17.8 Å². The van der Waals surface area contributed by atoms with Crippen LogP contribution in [0.5, 0.6) is 0 Å². The molecule has 0 aromatic heterocycles. The van der Waals surface area contributed by atoms with Gasteiger partial charge in [-0.05, 0) is 37.5 Å². The highest BCUT2D eigenvalue weighted by atomic mass is 14.3. The SMILES string of the molecule is C#CC[CH]C.[CH2]C1CCCCC1C1CCCCC1. The quantitative estimate of drug-likeness (QED) is 0.569. The summed E-state index contributed by atoms with van der Waals surface area (Å²) in [5, 5.41) is 0. The summed E-state index contributed by atoms with van der Waals surface area (Å²) in [4.78, 5) is 0. The van der Waals surface area contributed by atoms with Gasteiger partial charge >= 0.3 is 0 Å². The van der Waals surface area contributed by atoms with E-state index in [-0.39, 0.29) is 0 Å². The van der Waals surface area contributed by atoms with Crippen LogP contribution in [-0.2, 0) is 0 Å². The predicted molar refractivity (Wildman–Crippen MR) is 80.8 cm³/mol. The standard InChI is InChI=1S/C13H23.C5H7/c1-11-7-5-6-10-13(11)12-8-3-2-4-9-12;1-3-5-4-2/h11-13H,1-10H2;1,4H,5H2,2H3. The van der Waals surface area contributed by atoms with Crippen molar-refractivity contribution in [2.45, 2.75) is 71.1 Å². The molecule has 0 nitrogen and oxygen atoms in total. The normalized spacial score (nSPS) is 28.9. The summed E-state index contributed by atoms with van der Waals surface area (Å²) in [5.41, 5.74) is 0. The number of rotatable bonds is 2. The van der Waals surface area contributed by atoms with Crippen molar-refractivity contribution in [1.29, 1.82) is 0 Å². The minimum Gasteiger partial charge on any atom is -0.120 e. The zero-order valence-corrected chi connectivity index (χ0v) is 12.2. The average molecular weight is 246 g/mol. The number of hydrogen-bond acceptors (Lipinski definition) is 0. The molecule has 0 amide bonds. The molecule has 0 bridgehead atoms. The largest absolute Gasteiger partial charge is 0.120 e. The Morgan fingerprint density at radius 3 is 2.17 bits per heavy atom. The smallest absolute Gasteiger partial charge is 0.0115 e. The summed E-state index contributed by atoms with van der Waals surface area (Å²) in [6.07, 6.45) is 20.9. The van der Waals surface area contributed by atoms with Gasteiger partial charge in [0.25, 0.3) is 0 Å². The zero-order chi connectivity index (χ0) is 13.2. The fraction of sp³-hybridized carbons (Fsp3) is 0.778. The monoisotopic (exact) mass is 246 g/mol. The molecule has 2 fully saturated rings. The summed E-state index contributed by atoms with van der Waals surface area (Å²) in [6.45, 7) is 6.30. The van der Waals surface area contributed by atoms with Crippen molar-refractivity contribution in [2.75, 3.05) is 0 Å². The molecule has 2 aliphatic rings. The van der Waals surface area contributed by atoms with Crippen LogP contribution in [0.25, 0.3) is 0 Å². The van der Waals surface area contributed by atoms with Crippen molar-refractivity contribution in [1.82, 2.24) is 0 Å². The van der Waals surface area contributed by atoms with Crippen molar-refractivity contribution >= 4 is 0 Å². The van der Waals surface area contributed by atoms with Crippen molar-refractivity contribution in [3.05, 3.63) is 13.3 Å². The van der Waals surface area contributed by atoms with Gasteiger partial charge < -0.3 is 0 Å². The summed E-state index contributed by atoms with van der Waals surface area (Å²) < 4.78 is 0. The van der Waals surface area contributed by atoms with E-state index >= 15 is 0 Å². The van der Waals surface area contributed by atoms with Gasteiger partial charge in [-0.25, -0.2) is 0 Å². The first-order valence-corrected chi connectivity index (χ1v) is 7.84. The highest BCUT2D eigenvalue weighted by molar-refractivity contribution is 4.88. The second-order valence-electron chi connectivity index (χ2n) is 5.92. The van der Waals surface area contributed by atoms with Gasteiger partial charge in [0.15, 0.2) is 0 Å². The lowest BCUT2D eigenvalue weighted by atomic mass is 9.69. The molecule has 18 heavy (non-hydrogen) atoms. The van der Waals surface area contributed by atoms with E-state index in [1.807, 2.05) is 13.3 Å². The van der Waals surface area contributed by atoms with Crippen LogP contribution in [0, 0.1) is 43.4 Å². The first-order chi connectivity index (χ1) is 8.79. The Balaban J connectivity index is 0.000000280. The van der Waals surface area contributed by atoms with Crippen molar-refractivity contribution in [3.63, 3.8) is 0 Å². The van der Waals surface area contributed by atoms with Gasteiger partial charge in [0.1, 0.15) is 0 Å². The Kier molecular flexibility index (Phi) is 8.23. The molecule has 2 rings (SSSR count). The number of terminal acetylenes is 1. The Labute approximate surface area is 115 Å². The summed E-state index contributed by atoms with van der Waals surface area (Å²) >= 11 is 0. The van der Waals surface area contributed by atoms with Crippen LogP contribution in [-0.4, -0.2) is 0 Å². The van der Waals surface area contributed by atoms with Crippen LogP contribution in [0.15, 0.2) is 0 Å². The molecular weight excluding hydrogens is 216 g/mol. The average Bonchev–Trinajstić information content (AvgIpc) is 2.42. The Morgan fingerprint density at radius 1 is 1.06 bits per heavy atom. The Bertz CT molecular complexity index is 229. The number of hydrogen-bond donors (Lipinski definition) is 0. The van der Waals surface area contributed by atoms with Gasteiger partial charge in [-0.2, -0.15) is 0 Å². The van der Waals surface area contributed by atoms with Crippen LogP contribution < -0.4 is 0 Å². The Morgan fingerprint density at radius 2 is 1.67 bits per heavy atom. The van der Waals surface area contributed by atoms with E-state index in [1.54, 1.807) is 0 Å². The molecule has 0 saturated heterocycles. The van der Waals surface area contributed by atoms with E-state index in [1.165, 1.54) is 57.8 Å². The molecule has 2 aliphatic carbocycles. The second-order valence-corrected chi connectivity index (χ2v) is 5.92. The highest BCUT2D eigenvalue weighted by Crippen LogP contribution is 2.40. The molecule has 0 heterocycles. The maximum absolute atomic E-state index is 4.86. The lowest BCUT2D eigenvalue weighted by Gasteiger charge is -2.37. The maximum Gasteiger partial charge on any atom is 0.0115 e. The molecule has 0 spiro atoms. The highest BCUT2D eigenvalue weighted by Gasteiger charge is 2.29. The van der Waals surface area contributed by atoms with E-state index in [4.69, 9.17) is 6.42 Å². The van der Waals surface area contributed by atoms with E-state index in [2.05, 4.69) is 12.8 Å². The molecule has 102 valence electrons. The molecule has 2 atom stereocenters. The first kappa shape index (κ1) is 15.6. The van der Waals surface area contributed by atoms with Gasteiger partial charge in [-0.15, -0.1) is 12.3 Å². The van der Waals surface area contributed by atoms with Crippen LogP contribution in [0.1, 0.15) is 71.1 Å². The minimum absolute atomic E-state index is 0.789. The maximum atomic E-state index is 4.86. The third kappa shape index (κ3) is 5.47. The lowest BCUT2D eigenvalue weighted by Crippen LogP contribution is -2.26. The van der Waals surface area contributed by atoms with Crippen LogP contribution >= 0.6 is 0 Å². The fourth-order valence-corrected chi connectivity index (χ4v) is 3.54. The van der Waals surface area contributed by atoms with Crippen molar-refractivity contribution in [3.8, 4) is 12.3 Å². The van der Waals surface area contributed by atoms with Gasteiger partial charge in [0, 0.05) is 6.42 Å². The zero-order valence-electron chi connectivity index (χ0n) is 12.2. The third-order valence-corrected chi connectivity index (χ3v) is 4.55. The van der Waals surface area contributed by atoms with E-state index in [0.717, 1.165) is 24.2 Å². The van der Waals surface area contributed by atoms with Crippen molar-refractivity contribution < 1.29 is 0 Å².